The Kier molecular flexibility index (Phi) is 4.44. The Bertz CT molecular complexity index is 366. The molecule has 0 atom stereocenters. The molecule has 0 spiro atoms. The maximum atomic E-state index is 11.9. The highest BCUT2D eigenvalue weighted by atomic mass is 127. The molecular weight excluding hydrogens is 317 g/mol. The van der Waals surface area contributed by atoms with E-state index in [-0.39, 0.29) is 11.5 Å². The summed E-state index contributed by atoms with van der Waals surface area (Å²) in [5.74, 6) is 0.172. The first kappa shape index (κ1) is 12.4. The van der Waals surface area contributed by atoms with Gasteiger partial charge < -0.3 is 4.74 Å². The number of ketones is 1. The van der Waals surface area contributed by atoms with Crippen molar-refractivity contribution in [3.63, 3.8) is 0 Å². The van der Waals surface area contributed by atoms with Crippen molar-refractivity contribution in [3.05, 3.63) is 27.3 Å². The fraction of sp³-hybridized carbons (Fsp3) is 0.300. The monoisotopic (exact) mass is 326 g/mol. The zero-order valence-corrected chi connectivity index (χ0v) is 10.1. The molecule has 15 heavy (non-hydrogen) atoms. The molecule has 0 heterocycles. The van der Waals surface area contributed by atoms with Crippen molar-refractivity contribution >= 4 is 28.4 Å². The Morgan fingerprint density at radius 1 is 1.53 bits per heavy atom. The molecule has 0 unspecified atom stereocenters. The predicted octanol–water partition coefficient (Wildman–Crippen LogP) is 3.02. The number of carbonyl (C=O) groups excluding carboxylic acids is 1. The highest BCUT2D eigenvalue weighted by Gasteiger charge is 2.09. The Balaban J connectivity index is 2.83. The number of ether oxygens (including phenoxy) is 1. The number of carbonyl (C=O) groups is 1. The first-order valence-corrected chi connectivity index (χ1v) is 5.29. The van der Waals surface area contributed by atoms with Crippen molar-refractivity contribution in [1.29, 1.82) is 0 Å². The minimum Gasteiger partial charge on any atom is -0.434 e. The molecular formula is C10H9F2IO2. The fourth-order valence-corrected chi connectivity index (χ4v) is 1.84. The van der Waals surface area contributed by atoms with Crippen LogP contribution >= 0.6 is 22.6 Å². The van der Waals surface area contributed by atoms with Gasteiger partial charge in [-0.05, 0) is 47.2 Å². The molecule has 0 fully saturated rings. The van der Waals surface area contributed by atoms with Crippen LogP contribution in [0.25, 0.3) is 0 Å². The molecule has 0 amide bonds. The number of hydrogen-bond donors (Lipinski definition) is 0. The van der Waals surface area contributed by atoms with Gasteiger partial charge in [-0.2, -0.15) is 8.78 Å². The summed E-state index contributed by atoms with van der Waals surface area (Å²) >= 11 is 1.90. The van der Waals surface area contributed by atoms with E-state index in [0.717, 1.165) is 5.56 Å². The van der Waals surface area contributed by atoms with Gasteiger partial charge in [0.25, 0.3) is 0 Å². The van der Waals surface area contributed by atoms with E-state index in [1.807, 2.05) is 22.6 Å². The minimum atomic E-state index is -2.82. The van der Waals surface area contributed by atoms with E-state index in [1.165, 1.54) is 13.0 Å². The van der Waals surface area contributed by atoms with Gasteiger partial charge in [0, 0.05) is 6.42 Å². The molecule has 0 radical (unpaired) electrons. The van der Waals surface area contributed by atoms with Crippen molar-refractivity contribution in [1.82, 2.24) is 0 Å². The lowest BCUT2D eigenvalue weighted by molar-refractivity contribution is -0.116. The van der Waals surface area contributed by atoms with Crippen LogP contribution in [0.15, 0.2) is 18.2 Å². The zero-order chi connectivity index (χ0) is 11.4. The molecule has 0 saturated heterocycles. The average molecular weight is 326 g/mol. The maximum Gasteiger partial charge on any atom is 0.387 e. The molecule has 0 bridgehead atoms. The summed E-state index contributed by atoms with van der Waals surface area (Å²) in [6.45, 7) is -1.34. The van der Waals surface area contributed by atoms with E-state index in [2.05, 4.69) is 4.74 Å². The molecule has 0 aromatic heterocycles. The third-order valence-electron chi connectivity index (χ3n) is 1.67. The van der Waals surface area contributed by atoms with Gasteiger partial charge in [0.15, 0.2) is 0 Å². The van der Waals surface area contributed by atoms with E-state index in [0.29, 0.717) is 9.99 Å². The molecule has 1 rings (SSSR count). The van der Waals surface area contributed by atoms with E-state index >= 15 is 0 Å². The smallest absolute Gasteiger partial charge is 0.387 e. The van der Waals surface area contributed by atoms with Crippen LogP contribution in [0.3, 0.4) is 0 Å². The first-order chi connectivity index (χ1) is 6.99. The second kappa shape index (κ2) is 5.39. The van der Waals surface area contributed by atoms with Gasteiger partial charge in [-0.3, -0.25) is 4.79 Å². The summed E-state index contributed by atoms with van der Waals surface area (Å²) < 4.78 is 28.7. The van der Waals surface area contributed by atoms with Gasteiger partial charge >= 0.3 is 6.61 Å². The molecule has 5 heteroatoms. The van der Waals surface area contributed by atoms with Crippen molar-refractivity contribution < 1.29 is 18.3 Å². The normalized spacial score (nSPS) is 10.5. The first-order valence-electron chi connectivity index (χ1n) is 4.21. The number of halogens is 3. The fourth-order valence-electron chi connectivity index (χ4n) is 1.13. The molecule has 0 aliphatic rings. The number of alkyl halides is 2. The van der Waals surface area contributed by atoms with Gasteiger partial charge in [-0.1, -0.05) is 6.07 Å². The van der Waals surface area contributed by atoms with Gasteiger partial charge in [0.2, 0.25) is 0 Å². The predicted molar refractivity (Wildman–Crippen MR) is 60.2 cm³/mol. The molecule has 1 aromatic carbocycles. The second-order valence-corrected chi connectivity index (χ2v) is 4.18. The largest absolute Gasteiger partial charge is 0.434 e. The number of rotatable bonds is 4. The molecule has 82 valence electrons. The van der Waals surface area contributed by atoms with E-state index in [9.17, 15) is 13.6 Å². The van der Waals surface area contributed by atoms with Crippen molar-refractivity contribution in [2.75, 3.05) is 0 Å². The zero-order valence-electron chi connectivity index (χ0n) is 7.97. The highest BCUT2D eigenvalue weighted by molar-refractivity contribution is 14.1. The lowest BCUT2D eigenvalue weighted by Gasteiger charge is -2.07. The van der Waals surface area contributed by atoms with E-state index < -0.39 is 6.61 Å². The van der Waals surface area contributed by atoms with Crippen LogP contribution in [-0.2, 0) is 11.2 Å². The molecule has 2 nitrogen and oxygen atoms in total. The van der Waals surface area contributed by atoms with Crippen molar-refractivity contribution in [3.8, 4) is 5.75 Å². The SMILES string of the molecule is CC(=O)Cc1ccc(OC(F)F)c(I)c1. The van der Waals surface area contributed by atoms with Crippen LogP contribution in [0, 0.1) is 3.57 Å². The van der Waals surface area contributed by atoms with Crippen LogP contribution in [0.5, 0.6) is 5.75 Å². The van der Waals surface area contributed by atoms with Crippen LogP contribution < -0.4 is 4.74 Å². The highest BCUT2D eigenvalue weighted by Crippen LogP contribution is 2.23. The standard InChI is InChI=1S/C10H9F2IO2/c1-6(14)4-7-2-3-9(8(13)5-7)15-10(11)12/h2-3,5,10H,4H2,1H3. The molecule has 1 aromatic rings. The van der Waals surface area contributed by atoms with Gasteiger partial charge in [0.1, 0.15) is 11.5 Å². The van der Waals surface area contributed by atoms with Crippen molar-refractivity contribution in [2.45, 2.75) is 20.0 Å². The summed E-state index contributed by atoms with van der Waals surface area (Å²) in [7, 11) is 0. The average Bonchev–Trinajstić information content (AvgIpc) is 2.08. The summed E-state index contributed by atoms with van der Waals surface area (Å²) in [6.07, 6.45) is 0.310. The van der Waals surface area contributed by atoms with Crippen LogP contribution in [0.2, 0.25) is 0 Å². The Morgan fingerprint density at radius 3 is 2.67 bits per heavy atom. The lowest BCUT2D eigenvalue weighted by atomic mass is 10.1. The lowest BCUT2D eigenvalue weighted by Crippen LogP contribution is -2.04. The van der Waals surface area contributed by atoms with E-state index in [4.69, 9.17) is 0 Å². The van der Waals surface area contributed by atoms with Crippen molar-refractivity contribution in [2.24, 2.45) is 0 Å². The summed E-state index contributed by atoms with van der Waals surface area (Å²) in [5.41, 5.74) is 0.800. The quantitative estimate of drug-likeness (QED) is 0.795. The summed E-state index contributed by atoms with van der Waals surface area (Å²) in [6, 6.07) is 4.73. The number of hydrogen-bond acceptors (Lipinski definition) is 2. The number of benzene rings is 1. The molecule has 0 saturated carbocycles. The van der Waals surface area contributed by atoms with Gasteiger partial charge in [0.05, 0.1) is 3.57 Å². The Labute approximate surface area is 99.8 Å². The molecule has 0 aliphatic carbocycles. The molecule has 0 aliphatic heterocycles. The van der Waals surface area contributed by atoms with Gasteiger partial charge in [-0.15, -0.1) is 0 Å². The van der Waals surface area contributed by atoms with Crippen LogP contribution in [0.4, 0.5) is 8.78 Å². The summed E-state index contributed by atoms with van der Waals surface area (Å²) in [5, 5.41) is 0. The van der Waals surface area contributed by atoms with E-state index in [1.54, 1.807) is 12.1 Å². The summed E-state index contributed by atoms with van der Waals surface area (Å²) in [4.78, 5) is 10.8. The second-order valence-electron chi connectivity index (χ2n) is 3.02. The minimum absolute atomic E-state index is 0.0355. The van der Waals surface area contributed by atoms with Crippen LogP contribution in [0.1, 0.15) is 12.5 Å². The number of Topliss-reactive ketones (excluding diaryl/α,β-unsaturated/α-hetero) is 1. The third-order valence-corrected chi connectivity index (χ3v) is 2.51. The maximum absolute atomic E-state index is 11.9. The third kappa shape index (κ3) is 4.11. The Hall–Kier alpha value is -0.720. The Morgan fingerprint density at radius 2 is 2.20 bits per heavy atom. The van der Waals surface area contributed by atoms with Gasteiger partial charge in [-0.25, -0.2) is 0 Å². The van der Waals surface area contributed by atoms with Crippen LogP contribution in [-0.4, -0.2) is 12.4 Å². The molecule has 0 N–H and O–H groups in total. The topological polar surface area (TPSA) is 26.3 Å².